The van der Waals surface area contributed by atoms with Crippen molar-refractivity contribution in [2.24, 2.45) is 0 Å². The molecule has 0 bridgehead atoms. The SMILES string of the molecule is CCCc1nnc2c(N)cc(C(F)(F)F)cn12. The van der Waals surface area contributed by atoms with Gasteiger partial charge in [0, 0.05) is 12.6 Å². The van der Waals surface area contributed by atoms with Gasteiger partial charge in [-0.05, 0) is 12.5 Å². The number of hydrogen-bond acceptors (Lipinski definition) is 3. The van der Waals surface area contributed by atoms with Crippen molar-refractivity contribution in [1.29, 1.82) is 0 Å². The first-order valence-electron chi connectivity index (χ1n) is 5.13. The second-order valence-electron chi connectivity index (χ2n) is 3.74. The van der Waals surface area contributed by atoms with Gasteiger partial charge in [-0.15, -0.1) is 10.2 Å². The van der Waals surface area contributed by atoms with Crippen LogP contribution in [0.15, 0.2) is 12.3 Å². The molecule has 17 heavy (non-hydrogen) atoms. The molecule has 7 heteroatoms. The van der Waals surface area contributed by atoms with Crippen LogP contribution < -0.4 is 5.73 Å². The molecule has 0 saturated carbocycles. The van der Waals surface area contributed by atoms with Gasteiger partial charge in [0.15, 0.2) is 5.65 Å². The van der Waals surface area contributed by atoms with Crippen LogP contribution in [-0.4, -0.2) is 14.6 Å². The number of anilines is 1. The van der Waals surface area contributed by atoms with Crippen LogP contribution in [0, 0.1) is 0 Å². The zero-order valence-electron chi connectivity index (χ0n) is 9.12. The average molecular weight is 244 g/mol. The van der Waals surface area contributed by atoms with Crippen molar-refractivity contribution in [3.63, 3.8) is 0 Å². The van der Waals surface area contributed by atoms with Gasteiger partial charge < -0.3 is 5.73 Å². The van der Waals surface area contributed by atoms with E-state index in [1.54, 1.807) is 0 Å². The summed E-state index contributed by atoms with van der Waals surface area (Å²) in [5, 5.41) is 7.62. The first kappa shape index (κ1) is 11.7. The first-order valence-corrected chi connectivity index (χ1v) is 5.13. The average Bonchev–Trinajstić information content (AvgIpc) is 2.61. The lowest BCUT2D eigenvalue weighted by Gasteiger charge is -2.09. The molecule has 2 aromatic rings. The summed E-state index contributed by atoms with van der Waals surface area (Å²) in [6, 6.07) is 0.875. The van der Waals surface area contributed by atoms with Gasteiger partial charge in [0.25, 0.3) is 0 Å². The normalized spacial score (nSPS) is 12.2. The van der Waals surface area contributed by atoms with Crippen LogP contribution in [0.3, 0.4) is 0 Å². The topological polar surface area (TPSA) is 56.2 Å². The lowest BCUT2D eigenvalue weighted by Crippen LogP contribution is -2.09. The highest BCUT2D eigenvalue weighted by atomic mass is 19.4. The minimum Gasteiger partial charge on any atom is -0.396 e. The Balaban J connectivity index is 2.65. The molecule has 92 valence electrons. The van der Waals surface area contributed by atoms with Gasteiger partial charge in [-0.1, -0.05) is 6.92 Å². The number of rotatable bonds is 2. The van der Waals surface area contributed by atoms with Crippen LogP contribution in [0.1, 0.15) is 24.7 Å². The van der Waals surface area contributed by atoms with Crippen molar-refractivity contribution in [1.82, 2.24) is 14.6 Å². The summed E-state index contributed by atoms with van der Waals surface area (Å²) in [7, 11) is 0. The van der Waals surface area contributed by atoms with Crippen molar-refractivity contribution >= 4 is 11.3 Å². The maximum atomic E-state index is 12.6. The van der Waals surface area contributed by atoms with Crippen molar-refractivity contribution in [2.75, 3.05) is 5.73 Å². The van der Waals surface area contributed by atoms with Crippen molar-refractivity contribution in [3.05, 3.63) is 23.7 Å². The van der Waals surface area contributed by atoms with Crippen molar-refractivity contribution < 1.29 is 13.2 Å². The monoisotopic (exact) mass is 244 g/mol. The third kappa shape index (κ3) is 2.04. The highest BCUT2D eigenvalue weighted by Crippen LogP contribution is 2.31. The Morgan fingerprint density at radius 1 is 1.35 bits per heavy atom. The zero-order valence-corrected chi connectivity index (χ0v) is 9.12. The summed E-state index contributed by atoms with van der Waals surface area (Å²) in [5.74, 6) is 0.486. The predicted molar refractivity (Wildman–Crippen MR) is 56.4 cm³/mol. The second-order valence-corrected chi connectivity index (χ2v) is 3.74. The number of hydrogen-bond donors (Lipinski definition) is 1. The number of aromatic nitrogens is 3. The van der Waals surface area contributed by atoms with E-state index in [9.17, 15) is 13.2 Å². The van der Waals surface area contributed by atoms with E-state index in [2.05, 4.69) is 10.2 Å². The third-order valence-electron chi connectivity index (χ3n) is 2.40. The van der Waals surface area contributed by atoms with E-state index in [1.807, 2.05) is 6.92 Å². The molecule has 2 rings (SSSR count). The lowest BCUT2D eigenvalue weighted by molar-refractivity contribution is -0.137. The Hall–Kier alpha value is -1.79. The number of fused-ring (bicyclic) bond motifs is 1. The summed E-state index contributed by atoms with van der Waals surface area (Å²) >= 11 is 0. The Morgan fingerprint density at radius 2 is 2.06 bits per heavy atom. The molecule has 0 amide bonds. The van der Waals surface area contributed by atoms with E-state index in [4.69, 9.17) is 5.73 Å². The fraction of sp³-hybridized carbons (Fsp3) is 0.400. The first-order chi connectivity index (χ1) is 7.93. The fourth-order valence-electron chi connectivity index (χ4n) is 1.61. The van der Waals surface area contributed by atoms with Gasteiger partial charge in [-0.3, -0.25) is 4.40 Å². The molecule has 0 aliphatic heterocycles. The molecule has 0 aromatic carbocycles. The number of nitrogen functional groups attached to an aromatic ring is 1. The standard InChI is InChI=1S/C10H11F3N4/c1-2-3-8-15-16-9-7(14)4-6(5-17(8)9)10(11,12)13/h4-5H,2-3,14H2,1H3. The Bertz CT molecular complexity index is 544. The summed E-state index contributed by atoms with van der Waals surface area (Å²) in [6.07, 6.45) is -2.11. The summed E-state index contributed by atoms with van der Waals surface area (Å²) in [5.41, 5.74) is 4.99. The predicted octanol–water partition coefficient (Wildman–Crippen LogP) is 2.28. The molecule has 0 saturated heterocycles. The van der Waals surface area contributed by atoms with E-state index >= 15 is 0 Å². The maximum absolute atomic E-state index is 12.6. The lowest BCUT2D eigenvalue weighted by atomic mass is 10.2. The number of aryl methyl sites for hydroxylation is 1. The number of alkyl halides is 3. The highest BCUT2D eigenvalue weighted by Gasteiger charge is 2.32. The quantitative estimate of drug-likeness (QED) is 0.881. The van der Waals surface area contributed by atoms with Gasteiger partial charge in [0.2, 0.25) is 0 Å². The largest absolute Gasteiger partial charge is 0.417 e. The Labute approximate surface area is 95.3 Å². The number of halogens is 3. The zero-order chi connectivity index (χ0) is 12.6. The van der Waals surface area contributed by atoms with Crippen molar-refractivity contribution in [2.45, 2.75) is 25.9 Å². The van der Waals surface area contributed by atoms with E-state index < -0.39 is 11.7 Å². The minimum absolute atomic E-state index is 0.0188. The summed E-state index contributed by atoms with van der Waals surface area (Å²) < 4.78 is 39.1. The smallest absolute Gasteiger partial charge is 0.396 e. The van der Waals surface area contributed by atoms with Gasteiger partial charge in [0.1, 0.15) is 5.82 Å². The molecule has 0 unspecified atom stereocenters. The Kier molecular flexibility index (Phi) is 2.68. The molecule has 0 radical (unpaired) electrons. The maximum Gasteiger partial charge on any atom is 0.417 e. The van der Waals surface area contributed by atoms with Crippen LogP contribution >= 0.6 is 0 Å². The number of nitrogens with zero attached hydrogens (tertiary/aromatic N) is 3. The molecule has 0 aliphatic rings. The molecule has 0 aliphatic carbocycles. The molecular weight excluding hydrogens is 233 g/mol. The molecule has 4 nitrogen and oxygen atoms in total. The van der Waals surface area contributed by atoms with Crippen LogP contribution in [0.4, 0.5) is 18.9 Å². The Morgan fingerprint density at radius 3 is 2.65 bits per heavy atom. The van der Waals surface area contributed by atoms with Gasteiger partial charge in [0.05, 0.1) is 11.3 Å². The molecule has 0 spiro atoms. The van der Waals surface area contributed by atoms with Crippen LogP contribution in [0.25, 0.3) is 5.65 Å². The fourth-order valence-corrected chi connectivity index (χ4v) is 1.61. The van der Waals surface area contributed by atoms with E-state index in [1.165, 1.54) is 4.40 Å². The van der Waals surface area contributed by atoms with Crippen LogP contribution in [0.5, 0.6) is 0 Å². The van der Waals surface area contributed by atoms with Gasteiger partial charge in [-0.25, -0.2) is 0 Å². The molecular formula is C10H11F3N4. The van der Waals surface area contributed by atoms with E-state index in [0.29, 0.717) is 12.2 Å². The summed E-state index contributed by atoms with van der Waals surface area (Å²) in [4.78, 5) is 0. The highest BCUT2D eigenvalue weighted by molar-refractivity contribution is 5.65. The molecule has 2 N–H and O–H groups in total. The van der Waals surface area contributed by atoms with Crippen molar-refractivity contribution in [3.8, 4) is 0 Å². The van der Waals surface area contributed by atoms with E-state index in [0.717, 1.165) is 18.7 Å². The number of pyridine rings is 1. The van der Waals surface area contributed by atoms with E-state index in [-0.39, 0.29) is 11.3 Å². The van der Waals surface area contributed by atoms with Gasteiger partial charge in [-0.2, -0.15) is 13.2 Å². The van der Waals surface area contributed by atoms with Crippen LogP contribution in [0.2, 0.25) is 0 Å². The third-order valence-corrected chi connectivity index (χ3v) is 2.40. The molecule has 0 fully saturated rings. The second kappa shape index (κ2) is 3.90. The molecule has 2 heterocycles. The molecule has 0 atom stereocenters. The van der Waals surface area contributed by atoms with Gasteiger partial charge >= 0.3 is 6.18 Å². The minimum atomic E-state index is -4.42. The number of nitrogens with two attached hydrogens (primary N) is 1. The molecule has 2 aromatic heterocycles. The van der Waals surface area contributed by atoms with Crippen LogP contribution in [-0.2, 0) is 12.6 Å². The summed E-state index contributed by atoms with van der Waals surface area (Å²) in [6.45, 7) is 1.91.